The zero-order valence-corrected chi connectivity index (χ0v) is 18.8. The van der Waals surface area contributed by atoms with Crippen LogP contribution in [0.4, 0.5) is 0 Å². The van der Waals surface area contributed by atoms with E-state index in [4.69, 9.17) is 19.2 Å². The minimum atomic E-state index is -0.122. The molecule has 0 saturated carbocycles. The number of para-hydroxylation sites is 2. The summed E-state index contributed by atoms with van der Waals surface area (Å²) in [6.07, 6.45) is 0.610. The van der Waals surface area contributed by atoms with Gasteiger partial charge in [-0.3, -0.25) is 4.79 Å². The topological polar surface area (TPSA) is 74.6 Å². The van der Waals surface area contributed by atoms with Crippen molar-refractivity contribution in [3.05, 3.63) is 84.2 Å². The van der Waals surface area contributed by atoms with Crippen molar-refractivity contribution in [1.82, 2.24) is 14.9 Å². The van der Waals surface area contributed by atoms with Gasteiger partial charge in [0.2, 0.25) is 0 Å². The molecule has 0 unspecified atom stereocenters. The van der Waals surface area contributed by atoms with Gasteiger partial charge in [-0.15, -0.1) is 0 Å². The van der Waals surface area contributed by atoms with Crippen LogP contribution in [0.25, 0.3) is 11.0 Å². The molecule has 7 nitrogen and oxygen atoms in total. The molecular weight excluding hydrogens is 418 g/mol. The molecule has 0 bridgehead atoms. The summed E-state index contributed by atoms with van der Waals surface area (Å²) in [7, 11) is 3.24. The molecule has 0 saturated heterocycles. The van der Waals surface area contributed by atoms with Crippen molar-refractivity contribution >= 4 is 16.9 Å². The first-order chi connectivity index (χ1) is 16.2. The van der Waals surface area contributed by atoms with Gasteiger partial charge in [-0.25, -0.2) is 4.98 Å². The fourth-order valence-electron chi connectivity index (χ4n) is 3.62. The Bertz CT molecular complexity index is 1200. The quantitative estimate of drug-likeness (QED) is 0.398. The summed E-state index contributed by atoms with van der Waals surface area (Å²) in [5, 5.41) is 2.97. The lowest BCUT2D eigenvalue weighted by molar-refractivity contribution is 0.0954. The Labute approximate surface area is 192 Å². The van der Waals surface area contributed by atoms with E-state index >= 15 is 0 Å². The molecule has 0 atom stereocenters. The lowest BCUT2D eigenvalue weighted by atomic mass is 10.2. The number of aromatic nitrogens is 2. The van der Waals surface area contributed by atoms with Gasteiger partial charge >= 0.3 is 0 Å². The second-order valence-electron chi connectivity index (χ2n) is 7.43. The van der Waals surface area contributed by atoms with Crippen LogP contribution in [-0.2, 0) is 13.0 Å². The van der Waals surface area contributed by atoms with Crippen molar-refractivity contribution in [2.75, 3.05) is 27.4 Å². The fraction of sp³-hybridized carbons (Fsp3) is 0.231. The summed E-state index contributed by atoms with van der Waals surface area (Å²) >= 11 is 0. The first kappa shape index (κ1) is 22.2. The Morgan fingerprint density at radius 2 is 1.52 bits per heavy atom. The Morgan fingerprint density at radius 3 is 2.21 bits per heavy atom. The number of benzene rings is 3. The number of nitrogens with one attached hydrogen (secondary N) is 1. The third-order valence-electron chi connectivity index (χ3n) is 5.36. The van der Waals surface area contributed by atoms with E-state index in [1.165, 1.54) is 0 Å². The number of rotatable bonds is 10. The standard InChI is InChI=1S/C26H27N3O4/c1-31-20-9-7-19(8-10-20)26(30)27-16-15-25-28-23-5-3-4-6-24(23)29(25)17-18-33-22-13-11-21(32-2)12-14-22/h3-14H,15-18H2,1-2H3,(H,27,30). The number of imidazole rings is 1. The summed E-state index contributed by atoms with van der Waals surface area (Å²) in [6.45, 7) is 1.62. The molecule has 0 radical (unpaired) electrons. The van der Waals surface area contributed by atoms with Crippen LogP contribution in [0.2, 0.25) is 0 Å². The van der Waals surface area contributed by atoms with Crippen LogP contribution in [0.15, 0.2) is 72.8 Å². The summed E-state index contributed by atoms with van der Waals surface area (Å²) in [4.78, 5) is 17.2. The van der Waals surface area contributed by atoms with Crippen molar-refractivity contribution in [2.45, 2.75) is 13.0 Å². The normalized spacial score (nSPS) is 10.7. The molecule has 4 aromatic rings. The van der Waals surface area contributed by atoms with Gasteiger partial charge in [0.1, 0.15) is 29.7 Å². The number of nitrogens with zero attached hydrogens (tertiary/aromatic N) is 2. The first-order valence-electron chi connectivity index (χ1n) is 10.8. The maximum absolute atomic E-state index is 12.5. The van der Waals surface area contributed by atoms with E-state index in [0.717, 1.165) is 34.1 Å². The van der Waals surface area contributed by atoms with Gasteiger partial charge in [-0.2, -0.15) is 0 Å². The Kier molecular flexibility index (Phi) is 7.09. The summed E-state index contributed by atoms with van der Waals surface area (Å²) < 4.78 is 18.4. The van der Waals surface area contributed by atoms with Gasteiger partial charge in [-0.1, -0.05) is 12.1 Å². The molecular formula is C26H27N3O4. The highest BCUT2D eigenvalue weighted by Gasteiger charge is 2.12. The molecule has 170 valence electrons. The van der Waals surface area contributed by atoms with E-state index in [1.807, 2.05) is 42.5 Å². The molecule has 0 spiro atoms. The van der Waals surface area contributed by atoms with Gasteiger partial charge in [0.25, 0.3) is 5.91 Å². The fourth-order valence-corrected chi connectivity index (χ4v) is 3.62. The van der Waals surface area contributed by atoms with Gasteiger partial charge in [0, 0.05) is 18.5 Å². The lowest BCUT2D eigenvalue weighted by Crippen LogP contribution is -2.26. The number of methoxy groups -OCH3 is 2. The van der Waals surface area contributed by atoms with Crippen molar-refractivity contribution in [3.8, 4) is 17.2 Å². The van der Waals surface area contributed by atoms with Crippen LogP contribution in [0.5, 0.6) is 17.2 Å². The van der Waals surface area contributed by atoms with E-state index in [-0.39, 0.29) is 5.91 Å². The Morgan fingerprint density at radius 1 is 0.879 bits per heavy atom. The van der Waals surface area contributed by atoms with E-state index in [9.17, 15) is 4.79 Å². The monoisotopic (exact) mass is 445 g/mol. The average Bonchev–Trinajstić information content (AvgIpc) is 3.21. The molecule has 0 fully saturated rings. The maximum Gasteiger partial charge on any atom is 0.251 e. The number of carbonyl (C=O) groups is 1. The van der Waals surface area contributed by atoms with Crippen LogP contribution in [0.3, 0.4) is 0 Å². The van der Waals surface area contributed by atoms with Crippen LogP contribution in [0, 0.1) is 0 Å². The number of amides is 1. The predicted octanol–water partition coefficient (Wildman–Crippen LogP) is 4.11. The summed E-state index contributed by atoms with van der Waals surface area (Å²) in [6, 6.07) is 22.6. The number of hydrogen-bond donors (Lipinski definition) is 1. The molecule has 1 heterocycles. The summed E-state index contributed by atoms with van der Waals surface area (Å²) in [5.74, 6) is 3.08. The van der Waals surface area contributed by atoms with Gasteiger partial charge < -0.3 is 24.1 Å². The number of carbonyl (C=O) groups excluding carboxylic acids is 1. The SMILES string of the molecule is COc1ccc(OCCn2c(CCNC(=O)c3ccc(OC)cc3)nc3ccccc32)cc1. The van der Waals surface area contributed by atoms with Crippen LogP contribution in [-0.4, -0.2) is 42.8 Å². The van der Waals surface area contributed by atoms with Crippen molar-refractivity contribution < 1.29 is 19.0 Å². The molecule has 33 heavy (non-hydrogen) atoms. The number of fused-ring (bicyclic) bond motifs is 1. The van der Waals surface area contributed by atoms with Crippen LogP contribution >= 0.6 is 0 Å². The minimum Gasteiger partial charge on any atom is -0.497 e. The molecule has 0 aliphatic carbocycles. The Balaban J connectivity index is 1.39. The third-order valence-corrected chi connectivity index (χ3v) is 5.36. The van der Waals surface area contributed by atoms with E-state index in [2.05, 4.69) is 16.0 Å². The third kappa shape index (κ3) is 5.44. The highest BCUT2D eigenvalue weighted by molar-refractivity contribution is 5.94. The molecule has 0 aliphatic rings. The smallest absolute Gasteiger partial charge is 0.251 e. The van der Waals surface area contributed by atoms with E-state index in [0.29, 0.717) is 31.7 Å². The van der Waals surface area contributed by atoms with Gasteiger partial charge in [0.05, 0.1) is 31.8 Å². The lowest BCUT2D eigenvalue weighted by Gasteiger charge is -2.12. The zero-order valence-electron chi connectivity index (χ0n) is 18.8. The maximum atomic E-state index is 12.5. The summed E-state index contributed by atoms with van der Waals surface area (Å²) in [5.41, 5.74) is 2.57. The van der Waals surface area contributed by atoms with E-state index < -0.39 is 0 Å². The highest BCUT2D eigenvalue weighted by atomic mass is 16.5. The van der Waals surface area contributed by atoms with Crippen LogP contribution < -0.4 is 19.5 Å². The van der Waals surface area contributed by atoms with Crippen LogP contribution in [0.1, 0.15) is 16.2 Å². The second kappa shape index (κ2) is 10.5. The Hall–Kier alpha value is -4.00. The number of ether oxygens (including phenoxy) is 3. The molecule has 1 aromatic heterocycles. The molecule has 7 heteroatoms. The minimum absolute atomic E-state index is 0.122. The predicted molar refractivity (Wildman–Crippen MR) is 127 cm³/mol. The van der Waals surface area contributed by atoms with Crippen molar-refractivity contribution in [1.29, 1.82) is 0 Å². The largest absolute Gasteiger partial charge is 0.497 e. The molecule has 4 rings (SSSR count). The first-order valence-corrected chi connectivity index (χ1v) is 10.8. The van der Waals surface area contributed by atoms with E-state index in [1.54, 1.807) is 38.5 Å². The highest BCUT2D eigenvalue weighted by Crippen LogP contribution is 2.19. The second-order valence-corrected chi connectivity index (χ2v) is 7.43. The van der Waals surface area contributed by atoms with Crippen molar-refractivity contribution in [2.24, 2.45) is 0 Å². The molecule has 1 amide bonds. The van der Waals surface area contributed by atoms with Gasteiger partial charge in [0.15, 0.2) is 0 Å². The molecule has 1 N–H and O–H groups in total. The number of hydrogen-bond acceptors (Lipinski definition) is 5. The van der Waals surface area contributed by atoms with Crippen molar-refractivity contribution in [3.63, 3.8) is 0 Å². The molecule has 0 aliphatic heterocycles. The van der Waals surface area contributed by atoms with Gasteiger partial charge in [-0.05, 0) is 60.7 Å². The average molecular weight is 446 g/mol. The molecule has 3 aromatic carbocycles. The zero-order chi connectivity index (χ0) is 23.0.